The van der Waals surface area contributed by atoms with Crippen LogP contribution in [0.3, 0.4) is 0 Å². The Balaban J connectivity index is 2.11. The van der Waals surface area contributed by atoms with E-state index in [1.807, 2.05) is 6.07 Å². The molecule has 28 heavy (non-hydrogen) atoms. The maximum absolute atomic E-state index is 11.4. The van der Waals surface area contributed by atoms with Gasteiger partial charge in [0.1, 0.15) is 0 Å². The Kier molecular flexibility index (Phi) is 4.88. The zero-order chi connectivity index (χ0) is 20.0. The van der Waals surface area contributed by atoms with E-state index >= 15 is 0 Å². The Bertz CT molecular complexity index is 1250. The van der Waals surface area contributed by atoms with Crippen LogP contribution in [0.2, 0.25) is 0 Å². The second-order valence-corrected chi connectivity index (χ2v) is 10.5. The van der Waals surface area contributed by atoms with Crippen LogP contribution in [-0.2, 0) is 0 Å². The Morgan fingerprint density at radius 3 is 2.50 bits per heavy atom. The van der Waals surface area contributed by atoms with Crippen LogP contribution in [0.15, 0.2) is 48.5 Å². The van der Waals surface area contributed by atoms with Crippen molar-refractivity contribution in [1.29, 1.82) is 0 Å². The fourth-order valence-electron chi connectivity index (χ4n) is 3.28. The predicted octanol–water partition coefficient (Wildman–Crippen LogP) is 3.53. The number of benzene rings is 2. The molecule has 0 bridgehead atoms. The Morgan fingerprint density at radius 1 is 1.07 bits per heavy atom. The molecule has 0 saturated heterocycles. The van der Waals surface area contributed by atoms with Crippen molar-refractivity contribution >= 4 is 47.1 Å². The minimum absolute atomic E-state index is 0.194. The molecular formula is C22H21N2O2SSe+. The standard InChI is InChI=1S/C22H20N2O2SSe/c1-23(2)13-5-7-15-19(11-13)28-20-12-14(24(3)4)6-8-16(20)21(15)17-9-10-18(27-17)22(25)26/h5-12H,1-4H3/p+1. The minimum atomic E-state index is -0.872. The van der Waals surface area contributed by atoms with Gasteiger partial charge in [-0.05, 0) is 0 Å². The molecule has 0 radical (unpaired) electrons. The molecule has 0 fully saturated rings. The number of aromatic carboxylic acids is 1. The molecule has 4 rings (SSSR count). The van der Waals surface area contributed by atoms with E-state index in [1.54, 1.807) is 6.07 Å². The third kappa shape index (κ3) is 3.28. The first-order valence-corrected chi connectivity index (χ1v) is 11.4. The molecule has 142 valence electrons. The van der Waals surface area contributed by atoms with Gasteiger partial charge in [-0.25, -0.2) is 0 Å². The number of carbonyl (C=O) groups is 1. The zero-order valence-electron chi connectivity index (χ0n) is 16.2. The number of carboxylic acid groups (broad SMARTS) is 1. The first kappa shape index (κ1) is 18.9. The van der Waals surface area contributed by atoms with E-state index in [4.69, 9.17) is 0 Å². The molecule has 0 atom stereocenters. The summed E-state index contributed by atoms with van der Waals surface area (Å²) in [6.07, 6.45) is 0. The van der Waals surface area contributed by atoms with Crippen molar-refractivity contribution < 1.29 is 9.90 Å². The number of nitrogens with zero attached hydrogens (tertiary/aromatic N) is 2. The van der Waals surface area contributed by atoms with Gasteiger partial charge in [-0.1, -0.05) is 0 Å². The van der Waals surface area contributed by atoms with Gasteiger partial charge in [0.15, 0.2) is 0 Å². The van der Waals surface area contributed by atoms with Crippen molar-refractivity contribution in [2.75, 3.05) is 33.1 Å². The van der Waals surface area contributed by atoms with E-state index in [0.717, 1.165) is 10.4 Å². The summed E-state index contributed by atoms with van der Waals surface area (Å²) < 4.78 is 4.79. The van der Waals surface area contributed by atoms with Crippen LogP contribution in [0.4, 0.5) is 5.69 Å². The summed E-state index contributed by atoms with van der Waals surface area (Å²) in [4.78, 5) is 14.9. The third-order valence-corrected chi connectivity index (χ3v) is 8.22. The Morgan fingerprint density at radius 2 is 1.86 bits per heavy atom. The van der Waals surface area contributed by atoms with Crippen molar-refractivity contribution in [3.63, 3.8) is 0 Å². The van der Waals surface area contributed by atoms with Crippen LogP contribution >= 0.6 is 11.3 Å². The molecule has 2 heterocycles. The molecule has 2 aliphatic rings. The van der Waals surface area contributed by atoms with E-state index < -0.39 is 5.97 Å². The van der Waals surface area contributed by atoms with Crippen LogP contribution in [0.1, 0.15) is 9.67 Å². The normalized spacial score (nSPS) is 11.1. The summed E-state index contributed by atoms with van der Waals surface area (Å²) in [5.74, 6) is -0.872. The van der Waals surface area contributed by atoms with Crippen molar-refractivity contribution in [2.45, 2.75) is 0 Å². The van der Waals surface area contributed by atoms with Gasteiger partial charge < -0.3 is 0 Å². The summed E-state index contributed by atoms with van der Waals surface area (Å²) in [5.41, 5.74) is 3.55. The van der Waals surface area contributed by atoms with Gasteiger partial charge in [0.25, 0.3) is 0 Å². The first-order chi connectivity index (χ1) is 13.3. The topological polar surface area (TPSA) is 43.6 Å². The van der Waals surface area contributed by atoms with E-state index in [0.29, 0.717) is 4.88 Å². The molecule has 1 aliphatic heterocycles. The summed E-state index contributed by atoms with van der Waals surface area (Å²) >= 11 is 1.54. The van der Waals surface area contributed by atoms with Crippen LogP contribution in [0, 0.1) is 0 Å². The molecule has 1 aromatic heterocycles. The number of rotatable bonds is 3. The summed E-state index contributed by atoms with van der Waals surface area (Å²) in [6.45, 7) is 0. The number of hydrogen-bond acceptors (Lipinski definition) is 3. The monoisotopic (exact) mass is 457 g/mol. The average molecular weight is 456 g/mol. The van der Waals surface area contributed by atoms with Crippen LogP contribution in [0.25, 0.3) is 30.1 Å². The van der Waals surface area contributed by atoms with E-state index in [9.17, 15) is 9.90 Å². The maximum atomic E-state index is 11.4. The van der Waals surface area contributed by atoms with Gasteiger partial charge in [-0.3, -0.25) is 0 Å². The molecule has 4 nitrogen and oxygen atoms in total. The first-order valence-electron chi connectivity index (χ1n) is 8.87. The Labute approximate surface area is 173 Å². The molecule has 0 amide bonds. The van der Waals surface area contributed by atoms with E-state index in [2.05, 4.69) is 74.1 Å². The fraction of sp³-hybridized carbons (Fsp3) is 0.182. The molecule has 1 aliphatic carbocycles. The molecule has 0 saturated carbocycles. The zero-order valence-corrected chi connectivity index (χ0v) is 18.7. The number of fused-ring (bicyclic) bond motifs is 2. The predicted molar refractivity (Wildman–Crippen MR) is 119 cm³/mol. The molecule has 0 unspecified atom stereocenters. The second kappa shape index (κ2) is 7.21. The molecule has 0 spiro atoms. The average Bonchev–Trinajstić information content (AvgIpc) is 3.15. The van der Waals surface area contributed by atoms with Crippen molar-refractivity contribution in [3.05, 3.63) is 58.8 Å². The van der Waals surface area contributed by atoms with Crippen LogP contribution in [-0.4, -0.2) is 53.8 Å². The number of anilines is 1. The SMILES string of the molecule is CN(C)c1ccc2c(-c3ccc(C(=O)O)s3)c3ccc(=[N+](C)C)cc-3[se]c2c1. The molecule has 2 aromatic rings. The summed E-state index contributed by atoms with van der Waals surface area (Å²) in [6, 6.07) is 16.8. The fourth-order valence-corrected chi connectivity index (χ4v) is 6.62. The summed E-state index contributed by atoms with van der Waals surface area (Å²) in [7, 11) is 8.22. The van der Waals surface area contributed by atoms with E-state index in [1.165, 1.54) is 42.0 Å². The van der Waals surface area contributed by atoms with Gasteiger partial charge in [0, 0.05) is 0 Å². The van der Waals surface area contributed by atoms with Gasteiger partial charge in [-0.15, -0.1) is 0 Å². The van der Waals surface area contributed by atoms with Crippen LogP contribution < -0.4 is 14.8 Å². The molecule has 1 N–H and O–H groups in total. The van der Waals surface area contributed by atoms with Crippen LogP contribution in [0.5, 0.6) is 0 Å². The van der Waals surface area contributed by atoms with Crippen molar-refractivity contribution in [2.24, 2.45) is 0 Å². The summed E-state index contributed by atoms with van der Waals surface area (Å²) in [5, 5.41) is 11.8. The molecule has 1 aromatic carbocycles. The quantitative estimate of drug-likeness (QED) is 0.292. The number of hydrogen-bond donors (Lipinski definition) is 1. The van der Waals surface area contributed by atoms with Crippen molar-refractivity contribution in [1.82, 2.24) is 4.58 Å². The van der Waals surface area contributed by atoms with Gasteiger partial charge in [0.2, 0.25) is 0 Å². The Hall–Kier alpha value is -2.40. The van der Waals surface area contributed by atoms with Gasteiger partial charge in [-0.2, -0.15) is 0 Å². The van der Waals surface area contributed by atoms with Gasteiger partial charge >= 0.3 is 174 Å². The third-order valence-electron chi connectivity index (χ3n) is 4.78. The second-order valence-electron chi connectivity index (χ2n) is 7.10. The number of thiophene rings is 1. The van der Waals surface area contributed by atoms with Crippen molar-refractivity contribution in [3.8, 4) is 20.4 Å². The molecular weight excluding hydrogens is 435 g/mol. The van der Waals surface area contributed by atoms with Gasteiger partial charge in [0.05, 0.1) is 0 Å². The number of carboxylic acids is 1. The van der Waals surface area contributed by atoms with E-state index in [-0.39, 0.29) is 14.5 Å². The molecule has 6 heteroatoms.